The van der Waals surface area contributed by atoms with Crippen molar-refractivity contribution in [1.29, 1.82) is 0 Å². The first-order valence-electron chi connectivity index (χ1n) is 5.99. The van der Waals surface area contributed by atoms with Gasteiger partial charge in [0.15, 0.2) is 0 Å². The molecule has 2 rings (SSSR count). The minimum absolute atomic E-state index is 0.168. The van der Waals surface area contributed by atoms with Crippen molar-refractivity contribution in [3.05, 3.63) is 69.9 Å². The smallest absolute Gasteiger partial charge is 0.253 e. The fourth-order valence-electron chi connectivity index (χ4n) is 1.81. The standard InChI is InChI=1S/C15H12Br2FNO/c16-9-13(10-5-2-1-3-6-10)19-15(20)11-7-4-8-12(18)14(11)17/h1-8,13H,9H2,(H,19,20). The summed E-state index contributed by atoms with van der Waals surface area (Å²) >= 11 is 6.49. The van der Waals surface area contributed by atoms with Crippen molar-refractivity contribution in [3.8, 4) is 0 Å². The van der Waals surface area contributed by atoms with Gasteiger partial charge in [-0.25, -0.2) is 4.39 Å². The summed E-state index contributed by atoms with van der Waals surface area (Å²) in [5.74, 6) is -0.766. The highest BCUT2D eigenvalue weighted by Crippen LogP contribution is 2.22. The summed E-state index contributed by atoms with van der Waals surface area (Å²) in [5, 5.41) is 3.46. The number of hydrogen-bond acceptors (Lipinski definition) is 1. The zero-order valence-electron chi connectivity index (χ0n) is 10.4. The summed E-state index contributed by atoms with van der Waals surface area (Å²) < 4.78 is 13.6. The second-order valence-corrected chi connectivity index (χ2v) is 5.63. The first-order chi connectivity index (χ1) is 9.63. The van der Waals surface area contributed by atoms with Gasteiger partial charge in [-0.15, -0.1) is 0 Å². The molecule has 1 amide bonds. The van der Waals surface area contributed by atoms with E-state index in [9.17, 15) is 9.18 Å². The van der Waals surface area contributed by atoms with Gasteiger partial charge in [0.05, 0.1) is 16.1 Å². The molecule has 0 aliphatic carbocycles. The summed E-state index contributed by atoms with van der Waals surface area (Å²) in [7, 11) is 0. The highest BCUT2D eigenvalue weighted by atomic mass is 79.9. The van der Waals surface area contributed by atoms with E-state index in [2.05, 4.69) is 37.2 Å². The van der Waals surface area contributed by atoms with Crippen molar-refractivity contribution in [2.45, 2.75) is 6.04 Å². The molecular weight excluding hydrogens is 389 g/mol. The Bertz CT molecular complexity index is 604. The van der Waals surface area contributed by atoms with Crippen LogP contribution in [-0.4, -0.2) is 11.2 Å². The van der Waals surface area contributed by atoms with Crippen LogP contribution in [0.2, 0.25) is 0 Å². The fourth-order valence-corrected chi connectivity index (χ4v) is 2.79. The molecule has 0 saturated heterocycles. The molecule has 1 unspecified atom stereocenters. The molecule has 1 N–H and O–H groups in total. The van der Waals surface area contributed by atoms with Crippen LogP contribution in [0.5, 0.6) is 0 Å². The Morgan fingerprint density at radius 1 is 1.15 bits per heavy atom. The van der Waals surface area contributed by atoms with Crippen LogP contribution in [-0.2, 0) is 0 Å². The molecule has 20 heavy (non-hydrogen) atoms. The average molecular weight is 401 g/mol. The van der Waals surface area contributed by atoms with Gasteiger partial charge in [0.2, 0.25) is 0 Å². The van der Waals surface area contributed by atoms with Crippen molar-refractivity contribution in [1.82, 2.24) is 5.32 Å². The molecule has 5 heteroatoms. The molecule has 104 valence electrons. The summed E-state index contributed by atoms with van der Waals surface area (Å²) in [6, 6.07) is 13.8. The van der Waals surface area contributed by atoms with Gasteiger partial charge >= 0.3 is 0 Å². The van der Waals surface area contributed by atoms with E-state index in [0.29, 0.717) is 5.33 Å². The number of halogens is 3. The summed E-state index contributed by atoms with van der Waals surface area (Å²) in [6.07, 6.45) is 0. The third-order valence-corrected chi connectivity index (χ3v) is 4.31. The van der Waals surface area contributed by atoms with Crippen LogP contribution >= 0.6 is 31.9 Å². The van der Waals surface area contributed by atoms with Crippen LogP contribution in [0.15, 0.2) is 53.0 Å². The van der Waals surface area contributed by atoms with Crippen molar-refractivity contribution in [3.63, 3.8) is 0 Å². The highest BCUT2D eigenvalue weighted by Gasteiger charge is 2.17. The van der Waals surface area contributed by atoms with E-state index in [1.54, 1.807) is 6.07 Å². The van der Waals surface area contributed by atoms with E-state index >= 15 is 0 Å². The average Bonchev–Trinajstić information content (AvgIpc) is 2.48. The molecule has 0 aliphatic heterocycles. The minimum atomic E-state index is -0.451. The van der Waals surface area contributed by atoms with Gasteiger partial charge in [0.1, 0.15) is 5.82 Å². The lowest BCUT2D eigenvalue weighted by Crippen LogP contribution is -2.29. The molecule has 0 spiro atoms. The summed E-state index contributed by atoms with van der Waals surface area (Å²) in [6.45, 7) is 0. The van der Waals surface area contributed by atoms with E-state index in [-0.39, 0.29) is 22.0 Å². The number of nitrogens with one attached hydrogen (secondary N) is 1. The van der Waals surface area contributed by atoms with Crippen LogP contribution in [0.4, 0.5) is 4.39 Å². The highest BCUT2D eigenvalue weighted by molar-refractivity contribution is 9.10. The predicted molar refractivity (Wildman–Crippen MR) is 84.5 cm³/mol. The second kappa shape index (κ2) is 6.99. The molecule has 0 aromatic heterocycles. The first kappa shape index (κ1) is 15.2. The zero-order chi connectivity index (χ0) is 14.5. The Labute approximate surface area is 133 Å². The van der Waals surface area contributed by atoms with E-state index < -0.39 is 5.82 Å². The molecule has 0 aliphatic rings. The van der Waals surface area contributed by atoms with Crippen LogP contribution in [0.3, 0.4) is 0 Å². The monoisotopic (exact) mass is 399 g/mol. The lowest BCUT2D eigenvalue weighted by molar-refractivity contribution is 0.0939. The van der Waals surface area contributed by atoms with Crippen LogP contribution in [0, 0.1) is 5.82 Å². The normalized spacial score (nSPS) is 11.9. The van der Waals surface area contributed by atoms with Crippen molar-refractivity contribution in [2.24, 2.45) is 0 Å². The maximum Gasteiger partial charge on any atom is 0.253 e. The third-order valence-electron chi connectivity index (χ3n) is 2.86. The quantitative estimate of drug-likeness (QED) is 0.754. The molecule has 2 aromatic rings. The molecule has 0 radical (unpaired) electrons. The van der Waals surface area contributed by atoms with E-state index in [0.717, 1.165) is 5.56 Å². The topological polar surface area (TPSA) is 29.1 Å². The zero-order valence-corrected chi connectivity index (χ0v) is 13.6. The Morgan fingerprint density at radius 3 is 2.50 bits per heavy atom. The lowest BCUT2D eigenvalue weighted by atomic mass is 10.1. The molecule has 1 atom stereocenters. The van der Waals surface area contributed by atoms with Crippen LogP contribution in [0.1, 0.15) is 22.0 Å². The van der Waals surface area contributed by atoms with Gasteiger partial charge < -0.3 is 5.32 Å². The van der Waals surface area contributed by atoms with E-state index in [4.69, 9.17) is 0 Å². The Morgan fingerprint density at radius 2 is 1.85 bits per heavy atom. The molecule has 0 bridgehead atoms. The molecule has 0 heterocycles. The van der Waals surface area contributed by atoms with E-state index in [1.165, 1.54) is 12.1 Å². The van der Waals surface area contributed by atoms with Crippen molar-refractivity contribution < 1.29 is 9.18 Å². The molecule has 0 saturated carbocycles. The summed E-state index contributed by atoms with van der Waals surface area (Å²) in [4.78, 5) is 12.2. The number of amides is 1. The minimum Gasteiger partial charge on any atom is -0.344 e. The second-order valence-electron chi connectivity index (χ2n) is 4.19. The molecule has 0 fully saturated rings. The number of hydrogen-bond donors (Lipinski definition) is 1. The largest absolute Gasteiger partial charge is 0.344 e. The Hall–Kier alpha value is -1.20. The van der Waals surface area contributed by atoms with Gasteiger partial charge in [-0.1, -0.05) is 52.3 Å². The maximum absolute atomic E-state index is 13.4. The van der Waals surface area contributed by atoms with Gasteiger partial charge in [-0.3, -0.25) is 4.79 Å². The lowest BCUT2D eigenvalue weighted by Gasteiger charge is -2.17. The van der Waals surface area contributed by atoms with Gasteiger partial charge in [0, 0.05) is 5.33 Å². The molecular formula is C15H12Br2FNO. The number of rotatable bonds is 4. The number of carbonyl (C=O) groups excluding carboxylic acids is 1. The van der Waals surface area contributed by atoms with Crippen LogP contribution < -0.4 is 5.32 Å². The SMILES string of the molecule is O=C(NC(CBr)c1ccccc1)c1cccc(F)c1Br. The summed E-state index contributed by atoms with van der Waals surface area (Å²) in [5.41, 5.74) is 1.28. The third kappa shape index (κ3) is 3.46. The van der Waals surface area contributed by atoms with Gasteiger partial charge in [0.25, 0.3) is 5.91 Å². The van der Waals surface area contributed by atoms with Crippen molar-refractivity contribution >= 4 is 37.8 Å². The van der Waals surface area contributed by atoms with E-state index in [1.807, 2.05) is 30.3 Å². The maximum atomic E-state index is 13.4. The molecule has 2 aromatic carbocycles. The first-order valence-corrected chi connectivity index (χ1v) is 7.90. The number of carbonyl (C=O) groups is 1. The van der Waals surface area contributed by atoms with Gasteiger partial charge in [-0.05, 0) is 33.6 Å². The van der Waals surface area contributed by atoms with Crippen LogP contribution in [0.25, 0.3) is 0 Å². The Balaban J connectivity index is 2.20. The molecule has 2 nitrogen and oxygen atoms in total. The predicted octanol–water partition coefficient (Wildman–Crippen LogP) is 4.45. The fraction of sp³-hybridized carbons (Fsp3) is 0.133. The van der Waals surface area contributed by atoms with Gasteiger partial charge in [-0.2, -0.15) is 0 Å². The number of benzene rings is 2. The van der Waals surface area contributed by atoms with Crippen molar-refractivity contribution in [2.75, 3.05) is 5.33 Å². The Kier molecular flexibility index (Phi) is 5.31. The number of alkyl halides is 1.